The van der Waals surface area contributed by atoms with E-state index in [9.17, 15) is 0 Å². The first kappa shape index (κ1) is 12.7. The van der Waals surface area contributed by atoms with Gasteiger partial charge in [0.25, 0.3) is 0 Å². The molecular formula is C14H13BrOS. The highest BCUT2D eigenvalue weighted by Crippen LogP contribution is 2.27. The third-order valence-corrected chi connectivity index (χ3v) is 4.25. The fourth-order valence-corrected chi connectivity index (χ4v) is 3.03. The molecule has 88 valence electrons. The van der Waals surface area contributed by atoms with Crippen LogP contribution < -0.4 is 0 Å². The van der Waals surface area contributed by atoms with Crippen LogP contribution in [0.2, 0.25) is 0 Å². The molecule has 17 heavy (non-hydrogen) atoms. The Morgan fingerprint density at radius 3 is 2.47 bits per heavy atom. The minimum Gasteiger partial charge on any atom is -0.392 e. The lowest BCUT2D eigenvalue weighted by molar-refractivity contribution is 0.281. The van der Waals surface area contributed by atoms with Crippen molar-refractivity contribution in [1.82, 2.24) is 0 Å². The highest BCUT2D eigenvalue weighted by Gasteiger charge is 2.01. The molecule has 0 heterocycles. The van der Waals surface area contributed by atoms with Crippen molar-refractivity contribution in [3.05, 3.63) is 64.1 Å². The van der Waals surface area contributed by atoms with Crippen LogP contribution in [0.15, 0.2) is 57.9 Å². The first-order chi connectivity index (χ1) is 8.29. The van der Waals surface area contributed by atoms with E-state index in [-0.39, 0.29) is 6.61 Å². The molecule has 0 saturated carbocycles. The topological polar surface area (TPSA) is 20.2 Å². The van der Waals surface area contributed by atoms with Crippen molar-refractivity contribution in [3.8, 4) is 0 Å². The Kier molecular flexibility index (Phi) is 4.66. The van der Waals surface area contributed by atoms with Gasteiger partial charge >= 0.3 is 0 Å². The Balaban J connectivity index is 2.02. The number of aliphatic hydroxyl groups excluding tert-OH is 1. The standard InChI is InChI=1S/C14H13BrOS/c15-14-8-13(7-6-12(14)9-16)17-10-11-4-2-1-3-5-11/h1-8,16H,9-10H2. The number of halogens is 1. The molecular weight excluding hydrogens is 296 g/mol. The monoisotopic (exact) mass is 308 g/mol. The maximum absolute atomic E-state index is 9.08. The number of hydrogen-bond acceptors (Lipinski definition) is 2. The molecule has 0 amide bonds. The van der Waals surface area contributed by atoms with E-state index in [1.54, 1.807) is 11.8 Å². The predicted octanol–water partition coefficient (Wildman–Crippen LogP) is 4.23. The molecule has 0 spiro atoms. The zero-order chi connectivity index (χ0) is 12.1. The van der Waals surface area contributed by atoms with E-state index >= 15 is 0 Å². The van der Waals surface area contributed by atoms with E-state index in [0.29, 0.717) is 0 Å². The Bertz CT molecular complexity index is 485. The number of aliphatic hydroxyl groups is 1. The van der Waals surface area contributed by atoms with Crippen molar-refractivity contribution in [2.24, 2.45) is 0 Å². The quantitative estimate of drug-likeness (QED) is 0.853. The van der Waals surface area contributed by atoms with Crippen LogP contribution in [-0.4, -0.2) is 5.11 Å². The van der Waals surface area contributed by atoms with Crippen molar-refractivity contribution >= 4 is 27.7 Å². The van der Waals surface area contributed by atoms with Gasteiger partial charge < -0.3 is 5.11 Å². The lowest BCUT2D eigenvalue weighted by atomic mass is 10.2. The first-order valence-corrected chi connectivity index (χ1v) is 7.13. The molecule has 0 saturated heterocycles. The van der Waals surface area contributed by atoms with E-state index < -0.39 is 0 Å². The molecule has 2 aromatic carbocycles. The second-order valence-electron chi connectivity index (χ2n) is 3.69. The Hall–Kier alpha value is -0.770. The summed E-state index contributed by atoms with van der Waals surface area (Å²) in [5, 5.41) is 9.08. The second-order valence-corrected chi connectivity index (χ2v) is 5.59. The Morgan fingerprint density at radius 2 is 1.82 bits per heavy atom. The number of rotatable bonds is 4. The van der Waals surface area contributed by atoms with E-state index in [1.807, 2.05) is 18.2 Å². The summed E-state index contributed by atoms with van der Waals surface area (Å²) in [4.78, 5) is 1.21. The Labute approximate surface area is 114 Å². The van der Waals surface area contributed by atoms with Crippen molar-refractivity contribution in [2.45, 2.75) is 17.3 Å². The average Bonchev–Trinajstić information content (AvgIpc) is 2.38. The Morgan fingerprint density at radius 1 is 1.06 bits per heavy atom. The number of thioether (sulfide) groups is 1. The van der Waals surface area contributed by atoms with Gasteiger partial charge in [0.2, 0.25) is 0 Å². The van der Waals surface area contributed by atoms with Crippen molar-refractivity contribution in [2.75, 3.05) is 0 Å². The second kappa shape index (κ2) is 6.24. The largest absolute Gasteiger partial charge is 0.392 e. The third-order valence-electron chi connectivity index (χ3n) is 2.44. The maximum Gasteiger partial charge on any atom is 0.0692 e. The van der Waals surface area contributed by atoms with E-state index in [1.165, 1.54) is 10.5 Å². The van der Waals surface area contributed by atoms with Crippen LogP contribution in [-0.2, 0) is 12.4 Å². The van der Waals surface area contributed by atoms with E-state index in [4.69, 9.17) is 5.11 Å². The molecule has 0 aliphatic heterocycles. The van der Waals surface area contributed by atoms with Gasteiger partial charge in [0.15, 0.2) is 0 Å². The smallest absolute Gasteiger partial charge is 0.0692 e. The predicted molar refractivity (Wildman–Crippen MR) is 76.1 cm³/mol. The molecule has 0 aliphatic carbocycles. The highest BCUT2D eigenvalue weighted by molar-refractivity contribution is 9.10. The maximum atomic E-state index is 9.08. The molecule has 0 atom stereocenters. The van der Waals surface area contributed by atoms with Crippen LogP contribution in [0.4, 0.5) is 0 Å². The van der Waals surface area contributed by atoms with Gasteiger partial charge in [-0.2, -0.15) is 0 Å². The highest BCUT2D eigenvalue weighted by atomic mass is 79.9. The van der Waals surface area contributed by atoms with Gasteiger partial charge in [-0.15, -0.1) is 11.8 Å². The fourth-order valence-electron chi connectivity index (χ4n) is 1.49. The SMILES string of the molecule is OCc1ccc(SCc2ccccc2)cc1Br. The van der Waals surface area contributed by atoms with Crippen LogP contribution in [0.25, 0.3) is 0 Å². The van der Waals surface area contributed by atoms with Crippen molar-refractivity contribution in [1.29, 1.82) is 0 Å². The fraction of sp³-hybridized carbons (Fsp3) is 0.143. The summed E-state index contributed by atoms with van der Waals surface area (Å²) < 4.78 is 0.970. The van der Waals surface area contributed by atoms with E-state index in [2.05, 4.69) is 46.3 Å². The van der Waals surface area contributed by atoms with Crippen LogP contribution in [0.3, 0.4) is 0 Å². The van der Waals surface area contributed by atoms with Crippen molar-refractivity contribution < 1.29 is 5.11 Å². The van der Waals surface area contributed by atoms with Gasteiger partial charge in [-0.1, -0.05) is 52.3 Å². The molecule has 0 bridgehead atoms. The summed E-state index contributed by atoms with van der Waals surface area (Å²) >= 11 is 5.26. The van der Waals surface area contributed by atoms with Gasteiger partial charge in [0, 0.05) is 15.1 Å². The molecule has 3 heteroatoms. The molecule has 0 fully saturated rings. The molecule has 2 rings (SSSR count). The lowest BCUT2D eigenvalue weighted by Crippen LogP contribution is -1.86. The van der Waals surface area contributed by atoms with E-state index in [0.717, 1.165) is 15.8 Å². The summed E-state index contributed by atoms with van der Waals surface area (Å²) in [6.45, 7) is 0.0736. The van der Waals surface area contributed by atoms with Gasteiger partial charge in [0.05, 0.1) is 6.61 Å². The van der Waals surface area contributed by atoms with Gasteiger partial charge in [0.1, 0.15) is 0 Å². The molecule has 0 unspecified atom stereocenters. The zero-order valence-electron chi connectivity index (χ0n) is 9.27. The average molecular weight is 309 g/mol. The van der Waals surface area contributed by atoms with Gasteiger partial charge in [-0.3, -0.25) is 0 Å². The van der Waals surface area contributed by atoms with Crippen molar-refractivity contribution in [3.63, 3.8) is 0 Å². The first-order valence-electron chi connectivity index (χ1n) is 5.35. The molecule has 2 aromatic rings. The lowest BCUT2D eigenvalue weighted by Gasteiger charge is -2.05. The molecule has 0 radical (unpaired) electrons. The minimum atomic E-state index is 0.0736. The van der Waals surface area contributed by atoms with Gasteiger partial charge in [-0.25, -0.2) is 0 Å². The zero-order valence-corrected chi connectivity index (χ0v) is 11.7. The summed E-state index contributed by atoms with van der Waals surface area (Å²) in [7, 11) is 0. The molecule has 0 aromatic heterocycles. The normalized spacial score (nSPS) is 10.5. The summed E-state index contributed by atoms with van der Waals surface area (Å²) in [6, 6.07) is 16.5. The number of benzene rings is 2. The molecule has 1 nitrogen and oxygen atoms in total. The molecule has 0 aliphatic rings. The summed E-state index contributed by atoms with van der Waals surface area (Å²) in [6.07, 6.45) is 0. The molecule has 1 N–H and O–H groups in total. The van der Waals surface area contributed by atoms with Gasteiger partial charge in [-0.05, 0) is 23.3 Å². The minimum absolute atomic E-state index is 0.0736. The van der Waals surface area contributed by atoms with Crippen LogP contribution in [0, 0.1) is 0 Å². The summed E-state index contributed by atoms with van der Waals surface area (Å²) in [5.41, 5.74) is 2.24. The van der Waals surface area contributed by atoms with Crippen LogP contribution in [0.5, 0.6) is 0 Å². The summed E-state index contributed by atoms with van der Waals surface area (Å²) in [5.74, 6) is 0.964. The van der Waals surface area contributed by atoms with Crippen LogP contribution >= 0.6 is 27.7 Å². The number of hydrogen-bond donors (Lipinski definition) is 1. The van der Waals surface area contributed by atoms with Crippen LogP contribution in [0.1, 0.15) is 11.1 Å². The third kappa shape index (κ3) is 3.60.